The number of H-pyrrole nitrogens is 1. The SMILES string of the molecule is C/C(=N\NC(=O)c1cc(-c2ccc(CC(C)C)cc2)n[nH]1)c1ccncc1. The Morgan fingerprint density at radius 3 is 2.52 bits per heavy atom. The number of amides is 1. The second kappa shape index (κ2) is 8.40. The number of benzene rings is 1. The minimum absolute atomic E-state index is 0.335. The third kappa shape index (κ3) is 4.88. The average Bonchev–Trinajstić information content (AvgIpc) is 3.17. The van der Waals surface area contributed by atoms with Gasteiger partial charge >= 0.3 is 0 Å². The van der Waals surface area contributed by atoms with Crippen LogP contribution in [0, 0.1) is 5.92 Å². The summed E-state index contributed by atoms with van der Waals surface area (Å²) in [5, 5.41) is 11.1. The van der Waals surface area contributed by atoms with Crippen LogP contribution in [-0.2, 0) is 6.42 Å². The summed E-state index contributed by atoms with van der Waals surface area (Å²) >= 11 is 0. The zero-order valence-corrected chi connectivity index (χ0v) is 15.7. The summed E-state index contributed by atoms with van der Waals surface area (Å²) < 4.78 is 0. The van der Waals surface area contributed by atoms with Gasteiger partial charge in [0, 0.05) is 23.5 Å². The zero-order chi connectivity index (χ0) is 19.2. The normalized spacial score (nSPS) is 11.6. The van der Waals surface area contributed by atoms with E-state index in [1.165, 1.54) is 5.56 Å². The Bertz CT molecular complexity index is 927. The fraction of sp³-hybridized carbons (Fsp3) is 0.238. The van der Waals surface area contributed by atoms with Crippen LogP contribution in [0.3, 0.4) is 0 Å². The highest BCUT2D eigenvalue weighted by atomic mass is 16.2. The first-order valence-corrected chi connectivity index (χ1v) is 8.92. The average molecular weight is 361 g/mol. The van der Waals surface area contributed by atoms with Gasteiger partial charge in [-0.25, -0.2) is 5.43 Å². The highest BCUT2D eigenvalue weighted by Gasteiger charge is 2.11. The van der Waals surface area contributed by atoms with Gasteiger partial charge in [0.15, 0.2) is 0 Å². The number of nitrogens with zero attached hydrogens (tertiary/aromatic N) is 3. The molecule has 3 rings (SSSR count). The Labute approximate surface area is 158 Å². The zero-order valence-electron chi connectivity index (χ0n) is 15.7. The third-order valence-electron chi connectivity index (χ3n) is 4.14. The number of carbonyl (C=O) groups excluding carboxylic acids is 1. The minimum Gasteiger partial charge on any atom is -0.272 e. The van der Waals surface area contributed by atoms with Gasteiger partial charge in [0.05, 0.1) is 11.4 Å². The molecule has 0 aliphatic carbocycles. The van der Waals surface area contributed by atoms with E-state index in [0.717, 1.165) is 23.2 Å². The van der Waals surface area contributed by atoms with Crippen molar-refractivity contribution >= 4 is 11.6 Å². The minimum atomic E-state index is -0.335. The van der Waals surface area contributed by atoms with E-state index in [9.17, 15) is 4.79 Å². The van der Waals surface area contributed by atoms with Crippen LogP contribution in [0.1, 0.15) is 42.4 Å². The van der Waals surface area contributed by atoms with Crippen molar-refractivity contribution in [3.63, 3.8) is 0 Å². The molecule has 3 aromatic rings. The maximum Gasteiger partial charge on any atom is 0.289 e. The molecule has 2 aromatic heterocycles. The summed E-state index contributed by atoms with van der Waals surface area (Å²) in [6.45, 7) is 6.23. The number of hydrazone groups is 1. The lowest BCUT2D eigenvalue weighted by Gasteiger charge is -2.05. The van der Waals surface area contributed by atoms with E-state index < -0.39 is 0 Å². The molecule has 0 spiro atoms. The van der Waals surface area contributed by atoms with Gasteiger partial charge in [0.2, 0.25) is 0 Å². The van der Waals surface area contributed by atoms with E-state index in [0.29, 0.717) is 17.3 Å². The molecule has 0 aliphatic rings. The van der Waals surface area contributed by atoms with Crippen molar-refractivity contribution in [1.29, 1.82) is 0 Å². The van der Waals surface area contributed by atoms with Crippen molar-refractivity contribution in [1.82, 2.24) is 20.6 Å². The maximum atomic E-state index is 12.3. The first-order chi connectivity index (χ1) is 13.0. The molecule has 0 unspecified atom stereocenters. The topological polar surface area (TPSA) is 83.0 Å². The summed E-state index contributed by atoms with van der Waals surface area (Å²) in [5.41, 5.74) is 7.50. The predicted molar refractivity (Wildman–Crippen MR) is 106 cm³/mol. The van der Waals surface area contributed by atoms with Gasteiger partial charge in [-0.15, -0.1) is 0 Å². The van der Waals surface area contributed by atoms with Crippen LogP contribution < -0.4 is 5.43 Å². The highest BCUT2D eigenvalue weighted by molar-refractivity contribution is 6.00. The van der Waals surface area contributed by atoms with E-state index >= 15 is 0 Å². The van der Waals surface area contributed by atoms with Crippen molar-refractivity contribution in [3.8, 4) is 11.3 Å². The summed E-state index contributed by atoms with van der Waals surface area (Å²) in [7, 11) is 0. The van der Waals surface area contributed by atoms with Gasteiger partial charge in [0.1, 0.15) is 5.69 Å². The molecule has 0 radical (unpaired) electrons. The molecular weight excluding hydrogens is 338 g/mol. The summed E-state index contributed by atoms with van der Waals surface area (Å²) in [6.07, 6.45) is 4.41. The molecule has 0 bridgehead atoms. The Kier molecular flexibility index (Phi) is 5.76. The maximum absolute atomic E-state index is 12.3. The first kappa shape index (κ1) is 18.5. The van der Waals surface area contributed by atoms with Crippen LogP contribution in [0.5, 0.6) is 0 Å². The number of rotatable bonds is 6. The number of pyridine rings is 1. The number of hydrogen-bond acceptors (Lipinski definition) is 4. The molecule has 2 heterocycles. The van der Waals surface area contributed by atoms with Crippen molar-refractivity contribution < 1.29 is 4.79 Å². The van der Waals surface area contributed by atoms with E-state index in [1.807, 2.05) is 31.2 Å². The molecule has 6 nitrogen and oxygen atoms in total. The van der Waals surface area contributed by atoms with E-state index in [-0.39, 0.29) is 5.91 Å². The largest absolute Gasteiger partial charge is 0.289 e. The van der Waals surface area contributed by atoms with Crippen LogP contribution in [-0.4, -0.2) is 26.8 Å². The first-order valence-electron chi connectivity index (χ1n) is 8.92. The standard InChI is InChI=1S/C21H23N5O/c1-14(2)12-16-4-6-18(7-5-16)19-13-20(25-24-19)21(27)26-23-15(3)17-8-10-22-11-9-17/h4-11,13-14H,12H2,1-3H3,(H,24,25)(H,26,27)/b23-15+. The molecule has 27 heavy (non-hydrogen) atoms. The van der Waals surface area contributed by atoms with Crippen molar-refractivity contribution in [3.05, 3.63) is 71.7 Å². The van der Waals surface area contributed by atoms with E-state index in [1.54, 1.807) is 18.5 Å². The number of aromatic amines is 1. The van der Waals surface area contributed by atoms with Gasteiger partial charge in [-0.3, -0.25) is 14.9 Å². The van der Waals surface area contributed by atoms with E-state index in [4.69, 9.17) is 0 Å². The molecule has 0 saturated heterocycles. The molecular formula is C21H23N5O. The van der Waals surface area contributed by atoms with Crippen LogP contribution in [0.2, 0.25) is 0 Å². The van der Waals surface area contributed by atoms with Gasteiger partial charge in [-0.05, 0) is 43.0 Å². The van der Waals surface area contributed by atoms with E-state index in [2.05, 4.69) is 51.7 Å². The van der Waals surface area contributed by atoms with Crippen LogP contribution >= 0.6 is 0 Å². The van der Waals surface area contributed by atoms with Crippen LogP contribution in [0.4, 0.5) is 0 Å². The lowest BCUT2D eigenvalue weighted by molar-refractivity contribution is 0.0950. The second-order valence-electron chi connectivity index (χ2n) is 6.84. The monoisotopic (exact) mass is 361 g/mol. The van der Waals surface area contributed by atoms with Gasteiger partial charge in [0.25, 0.3) is 5.91 Å². The molecule has 0 atom stereocenters. The second-order valence-corrected chi connectivity index (χ2v) is 6.84. The summed E-state index contributed by atoms with van der Waals surface area (Å²) in [6, 6.07) is 13.7. The number of hydrogen-bond donors (Lipinski definition) is 2. The van der Waals surface area contributed by atoms with Gasteiger partial charge < -0.3 is 0 Å². The van der Waals surface area contributed by atoms with Crippen molar-refractivity contribution in [2.75, 3.05) is 0 Å². The summed E-state index contributed by atoms with van der Waals surface area (Å²) in [5.74, 6) is 0.284. The Morgan fingerprint density at radius 1 is 1.15 bits per heavy atom. The van der Waals surface area contributed by atoms with Gasteiger partial charge in [-0.2, -0.15) is 10.2 Å². The molecule has 0 aliphatic heterocycles. The molecule has 6 heteroatoms. The highest BCUT2D eigenvalue weighted by Crippen LogP contribution is 2.19. The number of carbonyl (C=O) groups is 1. The van der Waals surface area contributed by atoms with Crippen LogP contribution in [0.25, 0.3) is 11.3 Å². The number of nitrogens with one attached hydrogen (secondary N) is 2. The molecule has 1 aromatic carbocycles. The van der Waals surface area contributed by atoms with Crippen molar-refractivity contribution in [2.45, 2.75) is 27.2 Å². The molecule has 0 saturated carbocycles. The lowest BCUT2D eigenvalue weighted by atomic mass is 10.0. The molecule has 2 N–H and O–H groups in total. The summed E-state index contributed by atoms with van der Waals surface area (Å²) in [4.78, 5) is 16.3. The quantitative estimate of drug-likeness (QED) is 0.517. The lowest BCUT2D eigenvalue weighted by Crippen LogP contribution is -2.19. The predicted octanol–water partition coefficient (Wildman–Crippen LogP) is 3.82. The Morgan fingerprint density at radius 2 is 1.85 bits per heavy atom. The van der Waals surface area contributed by atoms with Crippen molar-refractivity contribution in [2.24, 2.45) is 11.0 Å². The fourth-order valence-electron chi connectivity index (χ4n) is 2.72. The molecule has 1 amide bonds. The Hall–Kier alpha value is -3.28. The number of aromatic nitrogens is 3. The fourth-order valence-corrected chi connectivity index (χ4v) is 2.72. The van der Waals surface area contributed by atoms with Gasteiger partial charge in [-0.1, -0.05) is 38.1 Å². The molecule has 0 fully saturated rings. The third-order valence-corrected chi connectivity index (χ3v) is 4.14. The molecule has 138 valence electrons. The smallest absolute Gasteiger partial charge is 0.272 e. The Balaban J connectivity index is 1.67. The van der Waals surface area contributed by atoms with Crippen LogP contribution in [0.15, 0.2) is 60.0 Å².